The van der Waals surface area contributed by atoms with Gasteiger partial charge < -0.3 is 4.74 Å². The lowest BCUT2D eigenvalue weighted by atomic mass is 10.2. The second kappa shape index (κ2) is 3.80. The van der Waals surface area contributed by atoms with Crippen molar-refractivity contribution in [3.8, 4) is 17.1 Å². The van der Waals surface area contributed by atoms with Gasteiger partial charge in [0.2, 0.25) is 5.82 Å². The fourth-order valence-corrected chi connectivity index (χ4v) is 1.09. The summed E-state index contributed by atoms with van der Waals surface area (Å²) in [5.74, 6) is 0.0123. The maximum absolute atomic E-state index is 11.9. The Balaban J connectivity index is 2.17. The van der Waals surface area contributed by atoms with Crippen LogP contribution in [-0.4, -0.2) is 27.0 Å². The number of hydrogen-bond donors (Lipinski definition) is 1. The third-order valence-corrected chi connectivity index (χ3v) is 1.69. The summed E-state index contributed by atoms with van der Waals surface area (Å²) >= 11 is 0. The number of halogens is 3. The number of benzene rings is 1. The van der Waals surface area contributed by atoms with Gasteiger partial charge in [-0.2, -0.15) is 5.21 Å². The number of ether oxygens (including phenoxy) is 1. The van der Waals surface area contributed by atoms with Crippen molar-refractivity contribution in [3.05, 3.63) is 24.3 Å². The van der Waals surface area contributed by atoms with Crippen LogP contribution in [0, 0.1) is 0 Å². The van der Waals surface area contributed by atoms with Crippen LogP contribution >= 0.6 is 0 Å². The van der Waals surface area contributed by atoms with Crippen molar-refractivity contribution in [2.75, 3.05) is 0 Å². The number of nitrogens with zero attached hydrogens (tertiary/aromatic N) is 3. The minimum atomic E-state index is -4.69. The van der Waals surface area contributed by atoms with E-state index < -0.39 is 6.36 Å². The van der Waals surface area contributed by atoms with E-state index >= 15 is 0 Å². The molecule has 1 heterocycles. The highest BCUT2D eigenvalue weighted by Crippen LogP contribution is 2.24. The molecule has 0 bridgehead atoms. The predicted octanol–water partition coefficient (Wildman–Crippen LogP) is 1.77. The van der Waals surface area contributed by atoms with Gasteiger partial charge in [0.15, 0.2) is 0 Å². The number of nitrogens with one attached hydrogen (secondary N) is 1. The van der Waals surface area contributed by atoms with E-state index in [9.17, 15) is 13.2 Å². The summed E-state index contributed by atoms with van der Waals surface area (Å²) in [5.41, 5.74) is 0.545. The highest BCUT2D eigenvalue weighted by Gasteiger charge is 2.30. The molecule has 0 aliphatic carbocycles. The first-order valence-electron chi connectivity index (χ1n) is 4.14. The molecule has 16 heavy (non-hydrogen) atoms. The molecular weight excluding hydrogens is 225 g/mol. The number of aromatic amines is 1. The average Bonchev–Trinajstić information content (AvgIpc) is 2.69. The molecule has 1 aromatic heterocycles. The average molecular weight is 230 g/mol. The molecule has 8 heteroatoms. The van der Waals surface area contributed by atoms with Gasteiger partial charge in [-0.25, -0.2) is 0 Å². The number of H-pyrrole nitrogens is 1. The molecule has 0 unspecified atom stereocenters. The van der Waals surface area contributed by atoms with E-state index in [4.69, 9.17) is 0 Å². The van der Waals surface area contributed by atoms with Gasteiger partial charge in [-0.1, -0.05) is 0 Å². The van der Waals surface area contributed by atoms with Gasteiger partial charge in [0.05, 0.1) is 0 Å². The summed E-state index contributed by atoms with van der Waals surface area (Å²) in [5, 5.41) is 12.9. The molecule has 0 radical (unpaired) electrons. The Labute approximate surface area is 87.2 Å². The Morgan fingerprint density at radius 2 is 1.81 bits per heavy atom. The monoisotopic (exact) mass is 230 g/mol. The molecule has 5 nitrogen and oxygen atoms in total. The lowest BCUT2D eigenvalue weighted by molar-refractivity contribution is -0.274. The van der Waals surface area contributed by atoms with Crippen LogP contribution in [0.1, 0.15) is 0 Å². The Morgan fingerprint density at radius 3 is 2.31 bits per heavy atom. The minimum absolute atomic E-state index is 0.292. The normalized spacial score (nSPS) is 11.4. The van der Waals surface area contributed by atoms with Crippen LogP contribution in [0.2, 0.25) is 0 Å². The van der Waals surface area contributed by atoms with Crippen molar-refractivity contribution in [2.24, 2.45) is 0 Å². The van der Waals surface area contributed by atoms with Gasteiger partial charge in [-0.3, -0.25) is 0 Å². The van der Waals surface area contributed by atoms with E-state index in [2.05, 4.69) is 25.4 Å². The van der Waals surface area contributed by atoms with E-state index in [0.29, 0.717) is 11.4 Å². The number of hydrogen-bond acceptors (Lipinski definition) is 4. The smallest absolute Gasteiger partial charge is 0.406 e. The summed E-state index contributed by atoms with van der Waals surface area (Å²) < 4.78 is 39.3. The fourth-order valence-electron chi connectivity index (χ4n) is 1.09. The zero-order chi connectivity index (χ0) is 11.6. The lowest BCUT2D eigenvalue weighted by Gasteiger charge is -2.08. The van der Waals surface area contributed by atoms with E-state index in [1.807, 2.05) is 0 Å². The Kier molecular flexibility index (Phi) is 2.47. The van der Waals surface area contributed by atoms with Gasteiger partial charge >= 0.3 is 6.36 Å². The van der Waals surface area contributed by atoms with Crippen molar-refractivity contribution >= 4 is 0 Å². The Hall–Kier alpha value is -2.12. The molecule has 1 aromatic carbocycles. The molecule has 0 aliphatic heterocycles. The SMILES string of the molecule is FC(F)(F)Oc1ccc(-c2nn[nH]n2)cc1. The molecule has 0 fully saturated rings. The van der Waals surface area contributed by atoms with Gasteiger partial charge in [-0.15, -0.1) is 23.4 Å². The number of alkyl halides is 3. The number of rotatable bonds is 2. The Morgan fingerprint density at radius 1 is 1.12 bits per heavy atom. The summed E-state index contributed by atoms with van der Waals surface area (Å²) in [6, 6.07) is 5.18. The van der Waals surface area contributed by atoms with Gasteiger partial charge in [0.25, 0.3) is 0 Å². The Bertz CT molecular complexity index is 451. The number of aromatic nitrogens is 4. The van der Waals surface area contributed by atoms with Crippen molar-refractivity contribution in [1.82, 2.24) is 20.6 Å². The largest absolute Gasteiger partial charge is 0.573 e. The van der Waals surface area contributed by atoms with Crippen molar-refractivity contribution in [2.45, 2.75) is 6.36 Å². The molecule has 0 saturated carbocycles. The van der Waals surface area contributed by atoms with Crippen molar-refractivity contribution in [3.63, 3.8) is 0 Å². The van der Waals surface area contributed by atoms with Gasteiger partial charge in [-0.05, 0) is 29.5 Å². The maximum Gasteiger partial charge on any atom is 0.573 e. The molecule has 0 amide bonds. The van der Waals surface area contributed by atoms with Gasteiger partial charge in [0, 0.05) is 5.56 Å². The fraction of sp³-hybridized carbons (Fsp3) is 0.125. The van der Waals surface area contributed by atoms with Crippen LogP contribution in [0.5, 0.6) is 5.75 Å². The van der Waals surface area contributed by atoms with Gasteiger partial charge in [0.1, 0.15) is 5.75 Å². The first-order valence-corrected chi connectivity index (χ1v) is 4.14. The molecule has 0 spiro atoms. The standard InChI is InChI=1S/C8H5F3N4O/c9-8(10,11)16-6-3-1-5(2-4-6)7-12-14-15-13-7/h1-4H,(H,12,13,14,15). The van der Waals surface area contributed by atoms with Crippen LogP contribution in [0.15, 0.2) is 24.3 Å². The van der Waals surface area contributed by atoms with Crippen LogP contribution in [0.3, 0.4) is 0 Å². The second-order valence-electron chi connectivity index (χ2n) is 2.81. The molecule has 84 valence electrons. The summed E-state index contributed by atoms with van der Waals surface area (Å²) in [6.45, 7) is 0. The molecular formula is C8H5F3N4O. The molecule has 0 saturated heterocycles. The summed E-state index contributed by atoms with van der Waals surface area (Å²) in [4.78, 5) is 0. The molecule has 2 aromatic rings. The highest BCUT2D eigenvalue weighted by molar-refractivity contribution is 5.54. The van der Waals surface area contributed by atoms with Crippen molar-refractivity contribution < 1.29 is 17.9 Å². The highest BCUT2D eigenvalue weighted by atomic mass is 19.4. The van der Waals surface area contributed by atoms with Crippen LogP contribution in [-0.2, 0) is 0 Å². The summed E-state index contributed by atoms with van der Waals surface area (Å²) in [7, 11) is 0. The second-order valence-corrected chi connectivity index (χ2v) is 2.81. The van der Waals surface area contributed by atoms with Crippen molar-refractivity contribution in [1.29, 1.82) is 0 Å². The van der Waals surface area contributed by atoms with Crippen LogP contribution < -0.4 is 4.74 Å². The third kappa shape index (κ3) is 2.47. The van der Waals surface area contributed by atoms with Crippen LogP contribution in [0.25, 0.3) is 11.4 Å². The number of tetrazole rings is 1. The first-order chi connectivity index (χ1) is 7.54. The molecule has 0 aliphatic rings. The first kappa shape index (κ1) is 10.4. The summed E-state index contributed by atoms with van der Waals surface area (Å²) in [6.07, 6.45) is -4.69. The predicted molar refractivity (Wildman–Crippen MR) is 46.3 cm³/mol. The van der Waals surface area contributed by atoms with Crippen LogP contribution in [0.4, 0.5) is 13.2 Å². The maximum atomic E-state index is 11.9. The third-order valence-electron chi connectivity index (χ3n) is 1.69. The zero-order valence-electron chi connectivity index (χ0n) is 7.69. The molecule has 1 N–H and O–H groups in total. The quantitative estimate of drug-likeness (QED) is 0.853. The molecule has 0 atom stereocenters. The van der Waals surface area contributed by atoms with E-state index in [1.165, 1.54) is 24.3 Å². The minimum Gasteiger partial charge on any atom is -0.406 e. The topological polar surface area (TPSA) is 63.7 Å². The van der Waals surface area contributed by atoms with E-state index in [-0.39, 0.29) is 5.75 Å². The molecule has 2 rings (SSSR count). The lowest BCUT2D eigenvalue weighted by Crippen LogP contribution is -2.16. The zero-order valence-corrected chi connectivity index (χ0v) is 7.69. The van der Waals surface area contributed by atoms with E-state index in [0.717, 1.165) is 0 Å². The van der Waals surface area contributed by atoms with E-state index in [1.54, 1.807) is 0 Å².